The number of anilines is 1. The van der Waals surface area contributed by atoms with Crippen LogP contribution < -0.4 is 9.62 Å². The number of hydrogen-bond acceptors (Lipinski definition) is 5. The molecule has 7 nitrogen and oxygen atoms in total. The van der Waals surface area contributed by atoms with Crippen LogP contribution in [-0.2, 0) is 21.2 Å². The van der Waals surface area contributed by atoms with Crippen molar-refractivity contribution >= 4 is 21.6 Å². The van der Waals surface area contributed by atoms with Gasteiger partial charge in [-0.1, -0.05) is 19.3 Å². The molecule has 0 aromatic heterocycles. The Bertz CT molecular complexity index is 859. The lowest BCUT2D eigenvalue weighted by Gasteiger charge is -2.48. The minimum atomic E-state index is -3.28. The van der Waals surface area contributed by atoms with Crippen LogP contribution in [0.4, 0.5) is 5.69 Å². The number of rotatable bonds is 5. The highest BCUT2D eigenvalue weighted by Crippen LogP contribution is 2.34. The number of benzene rings is 1. The Morgan fingerprint density at radius 1 is 1.14 bits per heavy atom. The molecule has 3 aliphatic rings. The zero-order chi connectivity index (χ0) is 20.5. The molecule has 8 heteroatoms. The van der Waals surface area contributed by atoms with Gasteiger partial charge in [0.2, 0.25) is 10.0 Å². The first-order chi connectivity index (χ1) is 13.9. The molecule has 1 N–H and O–H groups in total. The summed E-state index contributed by atoms with van der Waals surface area (Å²) in [5, 5.41) is 3.19. The first-order valence-corrected chi connectivity index (χ1v) is 12.5. The molecule has 4 rings (SSSR count). The van der Waals surface area contributed by atoms with Crippen LogP contribution in [0.5, 0.6) is 0 Å². The third-order valence-corrected chi connectivity index (χ3v) is 7.82. The van der Waals surface area contributed by atoms with Crippen LogP contribution in [0.15, 0.2) is 18.2 Å². The van der Waals surface area contributed by atoms with E-state index in [1.807, 2.05) is 6.07 Å². The molecule has 1 amide bonds. The minimum absolute atomic E-state index is 0.0293. The van der Waals surface area contributed by atoms with Gasteiger partial charge in [-0.05, 0) is 43.0 Å². The van der Waals surface area contributed by atoms with E-state index in [2.05, 4.69) is 10.2 Å². The number of carbonyl (C=O) groups is 1. The van der Waals surface area contributed by atoms with Crippen molar-refractivity contribution < 1.29 is 17.9 Å². The smallest absolute Gasteiger partial charge is 0.251 e. The van der Waals surface area contributed by atoms with Gasteiger partial charge < -0.3 is 10.1 Å². The second-order valence-corrected chi connectivity index (χ2v) is 10.4. The predicted molar refractivity (Wildman–Crippen MR) is 113 cm³/mol. The monoisotopic (exact) mass is 421 g/mol. The van der Waals surface area contributed by atoms with Crippen LogP contribution in [0.1, 0.15) is 48.0 Å². The van der Waals surface area contributed by atoms with Crippen LogP contribution in [-0.4, -0.2) is 70.4 Å². The Hall–Kier alpha value is -1.64. The molecule has 1 saturated heterocycles. The molecule has 0 bridgehead atoms. The maximum Gasteiger partial charge on any atom is 0.251 e. The molecular weight excluding hydrogens is 390 g/mol. The van der Waals surface area contributed by atoms with E-state index in [0.717, 1.165) is 44.7 Å². The van der Waals surface area contributed by atoms with E-state index in [0.29, 0.717) is 30.8 Å². The van der Waals surface area contributed by atoms with Crippen molar-refractivity contribution in [2.45, 2.75) is 44.1 Å². The molecule has 2 fully saturated rings. The molecule has 0 spiro atoms. The molecule has 160 valence electrons. The number of ether oxygens (including phenoxy) is 1. The lowest BCUT2D eigenvalue weighted by atomic mass is 9.79. The van der Waals surface area contributed by atoms with E-state index in [1.54, 1.807) is 12.1 Å². The summed E-state index contributed by atoms with van der Waals surface area (Å²) in [5.41, 5.74) is 2.25. The van der Waals surface area contributed by atoms with Crippen LogP contribution in [0.2, 0.25) is 0 Å². The quantitative estimate of drug-likeness (QED) is 0.784. The lowest BCUT2D eigenvalue weighted by Crippen LogP contribution is -2.59. The van der Waals surface area contributed by atoms with Gasteiger partial charge in [0.05, 0.1) is 25.2 Å². The van der Waals surface area contributed by atoms with Crippen LogP contribution in [0.25, 0.3) is 0 Å². The van der Waals surface area contributed by atoms with Gasteiger partial charge in [0.1, 0.15) is 0 Å². The average Bonchev–Trinajstić information content (AvgIpc) is 3.17. The number of hydrogen-bond donors (Lipinski definition) is 1. The van der Waals surface area contributed by atoms with Crippen molar-refractivity contribution in [1.29, 1.82) is 0 Å². The van der Waals surface area contributed by atoms with Gasteiger partial charge in [0, 0.05) is 37.3 Å². The van der Waals surface area contributed by atoms with Crippen LogP contribution >= 0.6 is 0 Å². The maximum atomic E-state index is 12.9. The number of sulfonamides is 1. The fraction of sp³-hybridized carbons (Fsp3) is 0.667. The van der Waals surface area contributed by atoms with Gasteiger partial charge in [-0.25, -0.2) is 8.42 Å². The van der Waals surface area contributed by atoms with E-state index in [4.69, 9.17) is 4.74 Å². The lowest BCUT2D eigenvalue weighted by molar-refractivity contribution is -0.0361. The average molecular weight is 422 g/mol. The minimum Gasteiger partial charge on any atom is -0.379 e. The summed E-state index contributed by atoms with van der Waals surface area (Å²) < 4.78 is 30.8. The largest absolute Gasteiger partial charge is 0.379 e. The van der Waals surface area contributed by atoms with Gasteiger partial charge in [0.25, 0.3) is 5.91 Å². The van der Waals surface area contributed by atoms with Crippen molar-refractivity contribution in [3.05, 3.63) is 29.3 Å². The number of nitrogens with one attached hydrogen (secondary N) is 1. The summed E-state index contributed by atoms with van der Waals surface area (Å²) in [6.45, 7) is 4.47. The van der Waals surface area contributed by atoms with Crippen LogP contribution in [0, 0.1) is 0 Å². The predicted octanol–water partition coefficient (Wildman–Crippen LogP) is 1.77. The molecule has 2 heterocycles. The molecule has 1 saturated carbocycles. The highest BCUT2D eigenvalue weighted by Gasteiger charge is 2.39. The van der Waals surface area contributed by atoms with Crippen molar-refractivity contribution in [2.24, 2.45) is 0 Å². The van der Waals surface area contributed by atoms with Gasteiger partial charge in [0.15, 0.2) is 0 Å². The number of carbonyl (C=O) groups excluding carboxylic acids is 1. The fourth-order valence-corrected chi connectivity index (χ4v) is 6.01. The normalized spacial score (nSPS) is 22.3. The molecule has 1 aliphatic carbocycles. The van der Waals surface area contributed by atoms with Gasteiger partial charge >= 0.3 is 0 Å². The Kier molecular flexibility index (Phi) is 5.86. The van der Waals surface area contributed by atoms with Crippen molar-refractivity contribution in [3.63, 3.8) is 0 Å². The van der Waals surface area contributed by atoms with E-state index < -0.39 is 10.0 Å². The Morgan fingerprint density at radius 3 is 2.55 bits per heavy atom. The van der Waals surface area contributed by atoms with Crippen molar-refractivity contribution in [1.82, 2.24) is 10.2 Å². The zero-order valence-corrected chi connectivity index (χ0v) is 18.0. The summed E-state index contributed by atoms with van der Waals surface area (Å²) in [6.07, 6.45) is 7.75. The molecule has 0 unspecified atom stereocenters. The molecule has 1 aromatic carbocycles. The Balaban J connectivity index is 1.46. The molecular formula is C21H31N3O4S. The second kappa shape index (κ2) is 8.24. The number of fused-ring (bicyclic) bond motifs is 1. The topological polar surface area (TPSA) is 79.0 Å². The summed E-state index contributed by atoms with van der Waals surface area (Å²) in [7, 11) is -3.28. The SMILES string of the molecule is CS(=O)(=O)N1CCc2cc(C(=O)NCC3(N4CCOCC4)CCCCC3)ccc21. The molecule has 2 aliphatic heterocycles. The first-order valence-electron chi connectivity index (χ1n) is 10.6. The van der Waals surface area contributed by atoms with Gasteiger partial charge in [-0.2, -0.15) is 0 Å². The first kappa shape index (κ1) is 20.6. The van der Waals surface area contributed by atoms with E-state index in [1.165, 1.54) is 29.8 Å². The third-order valence-electron chi connectivity index (χ3n) is 6.64. The number of nitrogens with zero attached hydrogens (tertiary/aromatic N) is 2. The van der Waals surface area contributed by atoms with Crippen LogP contribution in [0.3, 0.4) is 0 Å². The number of amides is 1. The summed E-state index contributed by atoms with van der Waals surface area (Å²) in [4.78, 5) is 15.4. The van der Waals surface area contributed by atoms with Gasteiger partial charge in [-0.3, -0.25) is 14.0 Å². The van der Waals surface area contributed by atoms with Crippen molar-refractivity contribution in [2.75, 3.05) is 50.0 Å². The van der Waals surface area contributed by atoms with Gasteiger partial charge in [-0.15, -0.1) is 0 Å². The van der Waals surface area contributed by atoms with Crippen molar-refractivity contribution in [3.8, 4) is 0 Å². The highest BCUT2D eigenvalue weighted by molar-refractivity contribution is 7.92. The highest BCUT2D eigenvalue weighted by atomic mass is 32.2. The summed E-state index contributed by atoms with van der Waals surface area (Å²) >= 11 is 0. The third kappa shape index (κ3) is 4.29. The van der Waals surface area contributed by atoms with E-state index in [-0.39, 0.29) is 11.4 Å². The number of morpholine rings is 1. The summed E-state index contributed by atoms with van der Waals surface area (Å²) in [6, 6.07) is 5.34. The molecule has 0 radical (unpaired) electrons. The fourth-order valence-electron chi connectivity index (χ4n) is 5.06. The standard InChI is InChI=1S/C21H31N3O4S/c1-29(26,27)24-10-7-17-15-18(5-6-19(17)24)20(25)22-16-21(8-3-2-4-9-21)23-11-13-28-14-12-23/h5-6,15H,2-4,7-14,16H2,1H3,(H,22,25). The molecule has 29 heavy (non-hydrogen) atoms. The Morgan fingerprint density at radius 2 is 1.86 bits per heavy atom. The molecule has 1 aromatic rings. The van der Waals surface area contributed by atoms with E-state index in [9.17, 15) is 13.2 Å². The Labute approximate surface area is 173 Å². The molecule has 0 atom stereocenters. The second-order valence-electron chi connectivity index (χ2n) is 8.50. The maximum absolute atomic E-state index is 12.9. The zero-order valence-electron chi connectivity index (χ0n) is 17.2. The van der Waals surface area contributed by atoms with E-state index >= 15 is 0 Å². The summed E-state index contributed by atoms with van der Waals surface area (Å²) in [5.74, 6) is -0.0798.